The smallest absolute Gasteiger partial charge is 0.136 e. The Balaban J connectivity index is 2.06. The lowest BCUT2D eigenvalue weighted by atomic mass is 10.2. The summed E-state index contributed by atoms with van der Waals surface area (Å²) in [5.41, 5.74) is 1.13. The first-order chi connectivity index (χ1) is 10.2. The fraction of sp³-hybridized carbons (Fsp3) is 0.750. The van der Waals surface area contributed by atoms with Crippen LogP contribution in [-0.4, -0.2) is 47.6 Å². The van der Waals surface area contributed by atoms with Crippen LogP contribution in [0.1, 0.15) is 50.9 Å². The van der Waals surface area contributed by atoms with Crippen molar-refractivity contribution in [2.75, 3.05) is 43.4 Å². The quantitative estimate of drug-likeness (QED) is 0.733. The zero-order valence-electron chi connectivity index (χ0n) is 13.9. The van der Waals surface area contributed by atoms with E-state index in [1.54, 1.807) is 0 Å². The summed E-state index contributed by atoms with van der Waals surface area (Å²) in [6.45, 7) is 13.7. The Morgan fingerprint density at radius 3 is 2.19 bits per heavy atom. The molecule has 1 aromatic rings. The Hall–Kier alpha value is -1.36. The molecule has 21 heavy (non-hydrogen) atoms. The van der Waals surface area contributed by atoms with Gasteiger partial charge in [0, 0.05) is 31.1 Å². The monoisotopic (exact) mass is 291 g/mol. The predicted molar refractivity (Wildman–Crippen MR) is 89.2 cm³/mol. The molecule has 0 amide bonds. The number of nitrogens with zero attached hydrogens (tertiary/aromatic N) is 3. The van der Waals surface area contributed by atoms with E-state index >= 15 is 0 Å². The van der Waals surface area contributed by atoms with Crippen LogP contribution < -0.4 is 10.6 Å². The van der Waals surface area contributed by atoms with Gasteiger partial charge in [0.2, 0.25) is 0 Å². The second-order valence-corrected chi connectivity index (χ2v) is 5.66. The maximum absolute atomic E-state index is 4.74. The minimum Gasteiger partial charge on any atom is -0.370 e. The molecule has 0 bridgehead atoms. The third kappa shape index (κ3) is 4.30. The van der Waals surface area contributed by atoms with Crippen molar-refractivity contribution < 1.29 is 0 Å². The van der Waals surface area contributed by atoms with Gasteiger partial charge >= 0.3 is 0 Å². The molecule has 0 spiro atoms. The summed E-state index contributed by atoms with van der Waals surface area (Å²) < 4.78 is 0. The molecule has 1 fully saturated rings. The van der Waals surface area contributed by atoms with E-state index in [2.05, 4.69) is 48.2 Å². The summed E-state index contributed by atoms with van der Waals surface area (Å²) in [7, 11) is 0. The van der Waals surface area contributed by atoms with Gasteiger partial charge in [-0.25, -0.2) is 9.97 Å². The average molecular weight is 291 g/mol. The molecule has 1 aromatic heterocycles. The van der Waals surface area contributed by atoms with Crippen molar-refractivity contribution in [1.82, 2.24) is 14.9 Å². The molecule has 1 aliphatic rings. The molecule has 0 aromatic carbocycles. The highest BCUT2D eigenvalue weighted by molar-refractivity contribution is 5.57. The van der Waals surface area contributed by atoms with Crippen LogP contribution >= 0.6 is 0 Å². The van der Waals surface area contributed by atoms with E-state index in [0.717, 1.165) is 55.7 Å². The summed E-state index contributed by atoms with van der Waals surface area (Å²) in [5, 5.41) is 6.86. The van der Waals surface area contributed by atoms with E-state index in [4.69, 9.17) is 4.98 Å². The normalized spacial score (nSPS) is 14.5. The third-order valence-electron chi connectivity index (χ3n) is 4.06. The first-order valence-electron chi connectivity index (χ1n) is 8.28. The highest BCUT2D eigenvalue weighted by Crippen LogP contribution is 2.39. The molecule has 0 unspecified atom stereocenters. The van der Waals surface area contributed by atoms with Gasteiger partial charge in [0.05, 0.1) is 0 Å². The summed E-state index contributed by atoms with van der Waals surface area (Å²) in [5.74, 6) is 3.56. The van der Waals surface area contributed by atoms with Crippen molar-refractivity contribution in [3.8, 4) is 0 Å². The molecule has 5 heteroatoms. The Labute approximate surface area is 128 Å². The molecule has 1 aliphatic carbocycles. The van der Waals surface area contributed by atoms with E-state index in [-0.39, 0.29) is 0 Å². The number of aromatic nitrogens is 2. The van der Waals surface area contributed by atoms with Gasteiger partial charge in [-0.2, -0.15) is 0 Å². The largest absolute Gasteiger partial charge is 0.370 e. The molecule has 1 saturated carbocycles. The highest BCUT2D eigenvalue weighted by atomic mass is 15.1. The van der Waals surface area contributed by atoms with Crippen molar-refractivity contribution in [2.24, 2.45) is 0 Å². The number of likely N-dealkylation sites (N-methyl/N-ethyl adjacent to an activating group) is 1. The second-order valence-electron chi connectivity index (χ2n) is 5.66. The van der Waals surface area contributed by atoms with E-state index < -0.39 is 0 Å². The van der Waals surface area contributed by atoms with Crippen molar-refractivity contribution >= 4 is 11.6 Å². The minimum absolute atomic E-state index is 0.575. The molecule has 0 atom stereocenters. The fourth-order valence-corrected chi connectivity index (χ4v) is 2.44. The number of hydrogen-bond donors (Lipinski definition) is 2. The standard InChI is InChI=1S/C16H29N5/c1-5-17-14-12(4)15(18-10-11-21(6-2)7-3)20-16(19-14)13-8-9-13/h13H,5-11H2,1-4H3,(H2,17,18,19,20). The Bertz CT molecular complexity index is 452. The topological polar surface area (TPSA) is 53.1 Å². The molecule has 5 nitrogen and oxygen atoms in total. The van der Waals surface area contributed by atoms with E-state index in [1.807, 2.05) is 0 Å². The van der Waals surface area contributed by atoms with E-state index in [9.17, 15) is 0 Å². The van der Waals surface area contributed by atoms with E-state index in [1.165, 1.54) is 12.8 Å². The van der Waals surface area contributed by atoms with Gasteiger partial charge in [-0.3, -0.25) is 0 Å². The molecular formula is C16H29N5. The van der Waals surface area contributed by atoms with Gasteiger partial charge in [0.25, 0.3) is 0 Å². The van der Waals surface area contributed by atoms with Crippen LogP contribution in [0.4, 0.5) is 11.6 Å². The SMILES string of the molecule is CCNc1nc(C2CC2)nc(NCCN(CC)CC)c1C. The van der Waals surface area contributed by atoms with Gasteiger partial charge in [0.1, 0.15) is 17.5 Å². The summed E-state index contributed by atoms with van der Waals surface area (Å²) >= 11 is 0. The maximum atomic E-state index is 4.74. The summed E-state index contributed by atoms with van der Waals surface area (Å²) in [4.78, 5) is 11.8. The van der Waals surface area contributed by atoms with Crippen molar-refractivity contribution in [3.05, 3.63) is 11.4 Å². The van der Waals surface area contributed by atoms with E-state index in [0.29, 0.717) is 5.92 Å². The molecule has 0 aliphatic heterocycles. The molecule has 2 N–H and O–H groups in total. The number of rotatable bonds is 9. The lowest BCUT2D eigenvalue weighted by molar-refractivity contribution is 0.316. The number of nitrogens with one attached hydrogen (secondary N) is 2. The first-order valence-corrected chi connectivity index (χ1v) is 8.28. The van der Waals surface area contributed by atoms with Gasteiger partial charge in [-0.05, 0) is 39.8 Å². The molecule has 1 heterocycles. The second kappa shape index (κ2) is 7.59. The van der Waals surface area contributed by atoms with Crippen LogP contribution in [0.5, 0.6) is 0 Å². The zero-order chi connectivity index (χ0) is 15.2. The van der Waals surface area contributed by atoms with Crippen LogP contribution in [0.2, 0.25) is 0 Å². The molecule has 0 saturated heterocycles. The van der Waals surface area contributed by atoms with Gasteiger partial charge in [-0.15, -0.1) is 0 Å². The van der Waals surface area contributed by atoms with Crippen LogP contribution in [0, 0.1) is 6.92 Å². The molecule has 2 rings (SSSR count). The molecule has 0 radical (unpaired) electrons. The van der Waals surface area contributed by atoms with Gasteiger partial charge in [0.15, 0.2) is 0 Å². The van der Waals surface area contributed by atoms with Crippen molar-refractivity contribution in [2.45, 2.75) is 46.5 Å². The summed E-state index contributed by atoms with van der Waals surface area (Å²) in [6, 6.07) is 0. The van der Waals surface area contributed by atoms with Crippen LogP contribution in [0.25, 0.3) is 0 Å². The van der Waals surface area contributed by atoms with Crippen LogP contribution in [0.15, 0.2) is 0 Å². The molecular weight excluding hydrogens is 262 g/mol. The van der Waals surface area contributed by atoms with Crippen LogP contribution in [-0.2, 0) is 0 Å². The minimum atomic E-state index is 0.575. The first kappa shape index (κ1) is 16.0. The Kier molecular flexibility index (Phi) is 5.79. The summed E-state index contributed by atoms with van der Waals surface area (Å²) in [6.07, 6.45) is 2.46. The third-order valence-corrected chi connectivity index (χ3v) is 4.06. The van der Waals surface area contributed by atoms with Crippen LogP contribution in [0.3, 0.4) is 0 Å². The van der Waals surface area contributed by atoms with Crippen molar-refractivity contribution in [3.63, 3.8) is 0 Å². The maximum Gasteiger partial charge on any atom is 0.136 e. The Morgan fingerprint density at radius 1 is 1.05 bits per heavy atom. The lowest BCUT2D eigenvalue weighted by Gasteiger charge is -2.19. The molecule has 118 valence electrons. The number of anilines is 2. The van der Waals surface area contributed by atoms with Crippen molar-refractivity contribution in [1.29, 1.82) is 0 Å². The zero-order valence-corrected chi connectivity index (χ0v) is 13.9. The lowest BCUT2D eigenvalue weighted by Crippen LogP contribution is -2.29. The number of hydrogen-bond acceptors (Lipinski definition) is 5. The Morgan fingerprint density at radius 2 is 1.67 bits per heavy atom. The highest BCUT2D eigenvalue weighted by Gasteiger charge is 2.28. The van der Waals surface area contributed by atoms with Gasteiger partial charge in [-0.1, -0.05) is 13.8 Å². The average Bonchev–Trinajstić information content (AvgIpc) is 3.32. The fourth-order valence-electron chi connectivity index (χ4n) is 2.44. The van der Waals surface area contributed by atoms with Gasteiger partial charge < -0.3 is 15.5 Å². The predicted octanol–water partition coefficient (Wildman–Crippen LogP) is 2.85.